The van der Waals surface area contributed by atoms with Crippen LogP contribution in [0.15, 0.2) is 54.7 Å². The molecule has 2 nitrogen and oxygen atoms in total. The van der Waals surface area contributed by atoms with Crippen LogP contribution in [0.3, 0.4) is 0 Å². The molecule has 0 aliphatic rings. The molecule has 0 saturated carbocycles. The Balaban J connectivity index is 1.94. The molecule has 1 N–H and O–H groups in total. The molecular formula is C16H13ClN2. The van der Waals surface area contributed by atoms with Crippen molar-refractivity contribution in [2.45, 2.75) is 6.92 Å². The van der Waals surface area contributed by atoms with Crippen LogP contribution in [0.1, 0.15) is 5.56 Å². The van der Waals surface area contributed by atoms with E-state index in [9.17, 15) is 0 Å². The van der Waals surface area contributed by atoms with Crippen molar-refractivity contribution >= 4 is 33.9 Å². The fraction of sp³-hybridized carbons (Fsp3) is 0.0625. The molecule has 0 spiro atoms. The van der Waals surface area contributed by atoms with Crippen LogP contribution in [0.25, 0.3) is 10.9 Å². The standard InChI is InChI=1S/C16H13ClN2/c1-11-4-5-14(10-15(11)17)19-13-6-7-16-12(9-13)3-2-8-18-16/h2-10,19H,1H3. The Morgan fingerprint density at radius 2 is 1.79 bits per heavy atom. The summed E-state index contributed by atoms with van der Waals surface area (Å²) in [5.74, 6) is 0. The van der Waals surface area contributed by atoms with E-state index < -0.39 is 0 Å². The number of anilines is 2. The summed E-state index contributed by atoms with van der Waals surface area (Å²) in [4.78, 5) is 4.31. The molecule has 0 bridgehead atoms. The maximum atomic E-state index is 6.13. The van der Waals surface area contributed by atoms with Crippen LogP contribution in [0.2, 0.25) is 5.02 Å². The number of hydrogen-bond acceptors (Lipinski definition) is 2. The van der Waals surface area contributed by atoms with Gasteiger partial charge in [0.1, 0.15) is 0 Å². The van der Waals surface area contributed by atoms with Crippen LogP contribution in [0.5, 0.6) is 0 Å². The number of nitrogens with zero attached hydrogens (tertiary/aromatic N) is 1. The molecule has 1 heterocycles. The summed E-state index contributed by atoms with van der Waals surface area (Å²) in [6, 6.07) is 16.1. The van der Waals surface area contributed by atoms with E-state index in [0.717, 1.165) is 32.9 Å². The Morgan fingerprint density at radius 1 is 1.00 bits per heavy atom. The first-order valence-electron chi connectivity index (χ1n) is 6.10. The van der Waals surface area contributed by atoms with Gasteiger partial charge in [-0.1, -0.05) is 23.7 Å². The minimum absolute atomic E-state index is 0.771. The van der Waals surface area contributed by atoms with E-state index in [1.807, 2.05) is 43.3 Å². The highest BCUT2D eigenvalue weighted by Gasteiger charge is 2.00. The predicted molar refractivity (Wildman–Crippen MR) is 81.2 cm³/mol. The fourth-order valence-corrected chi connectivity index (χ4v) is 2.17. The van der Waals surface area contributed by atoms with Gasteiger partial charge in [-0.2, -0.15) is 0 Å². The second kappa shape index (κ2) is 4.90. The lowest BCUT2D eigenvalue weighted by Crippen LogP contribution is -1.91. The molecule has 94 valence electrons. The zero-order valence-electron chi connectivity index (χ0n) is 10.5. The summed E-state index contributed by atoms with van der Waals surface area (Å²) in [6.07, 6.45) is 1.80. The number of fused-ring (bicyclic) bond motifs is 1. The van der Waals surface area contributed by atoms with Crippen molar-refractivity contribution in [2.24, 2.45) is 0 Å². The monoisotopic (exact) mass is 268 g/mol. The number of hydrogen-bond donors (Lipinski definition) is 1. The Bertz CT molecular complexity index is 738. The highest BCUT2D eigenvalue weighted by Crippen LogP contribution is 2.24. The van der Waals surface area contributed by atoms with Gasteiger partial charge in [-0.25, -0.2) is 0 Å². The highest BCUT2D eigenvalue weighted by molar-refractivity contribution is 6.31. The Morgan fingerprint density at radius 3 is 2.63 bits per heavy atom. The van der Waals surface area contributed by atoms with E-state index in [1.165, 1.54) is 0 Å². The molecule has 0 amide bonds. The van der Waals surface area contributed by atoms with E-state index in [4.69, 9.17) is 11.6 Å². The van der Waals surface area contributed by atoms with Crippen molar-refractivity contribution in [3.63, 3.8) is 0 Å². The number of rotatable bonds is 2. The van der Waals surface area contributed by atoms with Crippen molar-refractivity contribution < 1.29 is 0 Å². The van der Waals surface area contributed by atoms with Crippen LogP contribution < -0.4 is 5.32 Å². The lowest BCUT2D eigenvalue weighted by molar-refractivity contribution is 1.41. The Kier molecular flexibility index (Phi) is 3.10. The van der Waals surface area contributed by atoms with E-state index in [2.05, 4.69) is 22.4 Å². The smallest absolute Gasteiger partial charge is 0.0703 e. The maximum Gasteiger partial charge on any atom is 0.0703 e. The predicted octanol–water partition coefficient (Wildman–Crippen LogP) is 4.94. The number of benzene rings is 2. The van der Waals surface area contributed by atoms with Gasteiger partial charge >= 0.3 is 0 Å². The molecular weight excluding hydrogens is 256 g/mol. The number of pyridine rings is 1. The van der Waals surface area contributed by atoms with E-state index in [0.29, 0.717) is 0 Å². The average molecular weight is 269 g/mol. The molecule has 0 fully saturated rings. The van der Waals surface area contributed by atoms with Crippen LogP contribution in [0.4, 0.5) is 11.4 Å². The lowest BCUT2D eigenvalue weighted by atomic mass is 10.2. The van der Waals surface area contributed by atoms with Gasteiger partial charge in [0.2, 0.25) is 0 Å². The van der Waals surface area contributed by atoms with Gasteiger partial charge in [-0.3, -0.25) is 4.98 Å². The van der Waals surface area contributed by atoms with Crippen LogP contribution in [-0.2, 0) is 0 Å². The van der Waals surface area contributed by atoms with Gasteiger partial charge in [0.25, 0.3) is 0 Å². The quantitative estimate of drug-likeness (QED) is 0.712. The van der Waals surface area contributed by atoms with Gasteiger partial charge in [-0.05, 0) is 48.9 Å². The highest BCUT2D eigenvalue weighted by atomic mass is 35.5. The van der Waals surface area contributed by atoms with Crippen LogP contribution >= 0.6 is 11.6 Å². The van der Waals surface area contributed by atoms with Crippen molar-refractivity contribution in [3.05, 3.63) is 65.3 Å². The number of aryl methyl sites for hydroxylation is 1. The summed E-state index contributed by atoms with van der Waals surface area (Å²) in [6.45, 7) is 1.99. The third-order valence-corrected chi connectivity index (χ3v) is 3.47. The largest absolute Gasteiger partial charge is 0.355 e. The fourth-order valence-electron chi connectivity index (χ4n) is 1.99. The molecule has 3 aromatic rings. The first-order chi connectivity index (χ1) is 9.22. The number of aromatic nitrogens is 1. The van der Waals surface area contributed by atoms with E-state index in [-0.39, 0.29) is 0 Å². The van der Waals surface area contributed by atoms with Crippen molar-refractivity contribution in [1.29, 1.82) is 0 Å². The second-order valence-corrected chi connectivity index (χ2v) is 4.91. The summed E-state index contributed by atoms with van der Waals surface area (Å²) in [5, 5.41) is 5.24. The SMILES string of the molecule is Cc1ccc(Nc2ccc3ncccc3c2)cc1Cl. The molecule has 0 aliphatic heterocycles. The molecule has 1 aromatic heterocycles. The molecule has 0 atom stereocenters. The lowest BCUT2D eigenvalue weighted by Gasteiger charge is -2.08. The molecule has 0 aliphatic carbocycles. The molecule has 0 radical (unpaired) electrons. The van der Waals surface area contributed by atoms with Gasteiger partial charge < -0.3 is 5.32 Å². The zero-order valence-corrected chi connectivity index (χ0v) is 11.3. The van der Waals surface area contributed by atoms with Gasteiger partial charge in [-0.15, -0.1) is 0 Å². The van der Waals surface area contributed by atoms with Gasteiger partial charge in [0.15, 0.2) is 0 Å². The third-order valence-electron chi connectivity index (χ3n) is 3.06. The molecule has 3 rings (SSSR count). The van der Waals surface area contributed by atoms with E-state index in [1.54, 1.807) is 6.20 Å². The summed E-state index contributed by atoms with van der Waals surface area (Å²) in [5.41, 5.74) is 4.09. The molecule has 2 aromatic carbocycles. The molecule has 0 unspecified atom stereocenters. The first kappa shape index (κ1) is 12.0. The minimum Gasteiger partial charge on any atom is -0.355 e. The van der Waals surface area contributed by atoms with Crippen LogP contribution in [-0.4, -0.2) is 4.98 Å². The van der Waals surface area contributed by atoms with Gasteiger partial charge in [0.05, 0.1) is 5.52 Å². The number of nitrogens with one attached hydrogen (secondary N) is 1. The summed E-state index contributed by atoms with van der Waals surface area (Å²) in [7, 11) is 0. The summed E-state index contributed by atoms with van der Waals surface area (Å²) >= 11 is 6.13. The van der Waals surface area contributed by atoms with Crippen molar-refractivity contribution in [2.75, 3.05) is 5.32 Å². The minimum atomic E-state index is 0.771. The molecule has 3 heteroatoms. The maximum absolute atomic E-state index is 6.13. The normalized spacial score (nSPS) is 10.6. The van der Waals surface area contributed by atoms with E-state index >= 15 is 0 Å². The summed E-state index contributed by atoms with van der Waals surface area (Å²) < 4.78 is 0. The van der Waals surface area contributed by atoms with Crippen molar-refractivity contribution in [3.8, 4) is 0 Å². The molecule has 19 heavy (non-hydrogen) atoms. The zero-order chi connectivity index (χ0) is 13.2. The number of halogens is 1. The third kappa shape index (κ3) is 2.54. The van der Waals surface area contributed by atoms with Gasteiger partial charge in [0, 0.05) is 28.0 Å². The van der Waals surface area contributed by atoms with Crippen LogP contribution in [0, 0.1) is 6.92 Å². The first-order valence-corrected chi connectivity index (χ1v) is 6.48. The van der Waals surface area contributed by atoms with Crippen molar-refractivity contribution in [1.82, 2.24) is 4.98 Å². The average Bonchev–Trinajstić information content (AvgIpc) is 2.43. The Hall–Kier alpha value is -2.06. The second-order valence-electron chi connectivity index (χ2n) is 4.50. The Labute approximate surface area is 117 Å². The topological polar surface area (TPSA) is 24.9 Å². The molecule has 0 saturated heterocycles.